The van der Waals surface area contributed by atoms with Gasteiger partial charge in [-0.1, -0.05) is 12.1 Å². The number of halogens is 3. The number of benzene rings is 1. The molecule has 1 N–H and O–H groups in total. The zero-order valence-corrected chi connectivity index (χ0v) is 23.2. The molecule has 0 bridgehead atoms. The number of amides is 2. The van der Waals surface area contributed by atoms with Crippen molar-refractivity contribution in [3.8, 4) is 11.3 Å². The second-order valence-corrected chi connectivity index (χ2v) is 10.6. The lowest BCUT2D eigenvalue weighted by atomic mass is 10.0. The molecule has 1 aliphatic heterocycles. The Morgan fingerprint density at radius 3 is 2.50 bits per heavy atom. The van der Waals surface area contributed by atoms with Crippen LogP contribution in [0.2, 0.25) is 0 Å². The van der Waals surface area contributed by atoms with Crippen LogP contribution in [0.3, 0.4) is 0 Å². The lowest BCUT2D eigenvalue weighted by molar-refractivity contribution is -0.117. The largest absolute Gasteiger partial charge is 0.318 e. The Balaban J connectivity index is 1.25. The summed E-state index contributed by atoms with van der Waals surface area (Å²) in [6, 6.07) is 2.42. The number of rotatable bonds is 7. The molecule has 0 radical (unpaired) electrons. The van der Waals surface area contributed by atoms with Crippen LogP contribution in [0.15, 0.2) is 36.9 Å². The number of alkyl halides is 2. The predicted octanol–water partition coefficient (Wildman–Crippen LogP) is 5.05. The van der Waals surface area contributed by atoms with Gasteiger partial charge < -0.3 is 5.32 Å². The van der Waals surface area contributed by atoms with Crippen LogP contribution >= 0.6 is 0 Å². The predicted molar refractivity (Wildman–Crippen MR) is 147 cm³/mol. The first-order valence-electron chi connectivity index (χ1n) is 13.5. The van der Waals surface area contributed by atoms with E-state index in [0.29, 0.717) is 35.9 Å². The molecule has 4 aromatic rings. The molecule has 13 heteroatoms. The van der Waals surface area contributed by atoms with Crippen LogP contribution < -0.4 is 10.2 Å². The first-order chi connectivity index (χ1) is 20.1. The van der Waals surface area contributed by atoms with Crippen molar-refractivity contribution < 1.29 is 22.8 Å². The van der Waals surface area contributed by atoms with Crippen LogP contribution in [0.25, 0.3) is 11.3 Å². The summed E-state index contributed by atoms with van der Waals surface area (Å²) in [4.78, 5) is 44.7. The van der Waals surface area contributed by atoms with Gasteiger partial charge in [0.15, 0.2) is 5.82 Å². The Kier molecular flexibility index (Phi) is 6.74. The van der Waals surface area contributed by atoms with Gasteiger partial charge in [-0.15, -0.1) is 0 Å². The number of aromatic nitrogens is 6. The molecule has 0 unspecified atom stereocenters. The summed E-state index contributed by atoms with van der Waals surface area (Å²) in [6.07, 6.45) is 5.88. The Morgan fingerprint density at radius 1 is 1.05 bits per heavy atom. The monoisotopic (exact) mass is 576 g/mol. The zero-order chi connectivity index (χ0) is 29.8. The first-order valence-corrected chi connectivity index (χ1v) is 13.5. The van der Waals surface area contributed by atoms with E-state index in [1.54, 1.807) is 28.9 Å². The highest BCUT2D eigenvalue weighted by molar-refractivity contribution is 6.03. The van der Waals surface area contributed by atoms with Crippen molar-refractivity contribution in [2.45, 2.75) is 58.4 Å². The molecular weight excluding hydrogens is 549 g/mol. The van der Waals surface area contributed by atoms with Gasteiger partial charge in [-0.25, -0.2) is 23.1 Å². The highest BCUT2D eigenvalue weighted by Crippen LogP contribution is 2.48. The molecule has 216 valence electrons. The third-order valence-electron chi connectivity index (χ3n) is 7.76. The summed E-state index contributed by atoms with van der Waals surface area (Å²) in [5.74, 6) is -0.882. The van der Waals surface area contributed by atoms with Gasteiger partial charge in [0.2, 0.25) is 5.91 Å². The standard InChI is InChI=1S/C29H27F3N8O2/c1-15-6-7-19(26(31)32)23(24(15)30)20-12-33-16(2)25(38-20)28(42)37-18-11-35-40(14-18)29(8-9-29)21-13-34-27(17(3)36-21)39-10-4-5-22(39)41/h6-7,11-14,26H,4-5,8-10H2,1-3H3,(H,37,42). The molecule has 3 aromatic heterocycles. The summed E-state index contributed by atoms with van der Waals surface area (Å²) < 4.78 is 44.0. The number of anilines is 2. The zero-order valence-electron chi connectivity index (χ0n) is 23.2. The molecule has 2 amide bonds. The summed E-state index contributed by atoms with van der Waals surface area (Å²) >= 11 is 0. The molecule has 2 fully saturated rings. The maximum absolute atomic E-state index is 15.0. The number of nitrogens with zero attached hydrogens (tertiary/aromatic N) is 7. The molecule has 42 heavy (non-hydrogen) atoms. The minimum atomic E-state index is -2.94. The lowest BCUT2D eigenvalue weighted by Gasteiger charge is -2.20. The topological polar surface area (TPSA) is 119 Å². The van der Waals surface area contributed by atoms with Gasteiger partial charge in [0.25, 0.3) is 12.3 Å². The van der Waals surface area contributed by atoms with E-state index in [-0.39, 0.29) is 34.1 Å². The molecule has 0 spiro atoms. The number of hydrogen-bond donors (Lipinski definition) is 1. The van der Waals surface area contributed by atoms with E-state index in [2.05, 4.69) is 25.4 Å². The van der Waals surface area contributed by atoms with Crippen molar-refractivity contribution in [1.82, 2.24) is 29.7 Å². The second kappa shape index (κ2) is 10.3. The number of carbonyl (C=O) groups is 2. The maximum Gasteiger partial charge on any atom is 0.276 e. The van der Waals surface area contributed by atoms with Crippen molar-refractivity contribution in [2.75, 3.05) is 16.8 Å². The smallest absolute Gasteiger partial charge is 0.276 e. The van der Waals surface area contributed by atoms with E-state index in [1.807, 2.05) is 6.92 Å². The fraction of sp³-hybridized carbons (Fsp3) is 0.345. The fourth-order valence-corrected chi connectivity index (χ4v) is 5.29. The van der Waals surface area contributed by atoms with Crippen molar-refractivity contribution in [1.29, 1.82) is 0 Å². The van der Waals surface area contributed by atoms with E-state index >= 15 is 0 Å². The summed E-state index contributed by atoms with van der Waals surface area (Å²) in [6.45, 7) is 5.46. The average molecular weight is 577 g/mol. The summed E-state index contributed by atoms with van der Waals surface area (Å²) in [5, 5.41) is 7.18. The summed E-state index contributed by atoms with van der Waals surface area (Å²) in [7, 11) is 0. The van der Waals surface area contributed by atoms with Gasteiger partial charge in [-0.05, 0) is 45.6 Å². The summed E-state index contributed by atoms with van der Waals surface area (Å²) in [5.41, 5.74) is 0.418. The normalized spacial score (nSPS) is 15.9. The van der Waals surface area contributed by atoms with Crippen LogP contribution in [0.1, 0.15) is 70.8 Å². The van der Waals surface area contributed by atoms with Crippen molar-refractivity contribution in [2.24, 2.45) is 0 Å². The molecule has 1 saturated carbocycles. The van der Waals surface area contributed by atoms with Gasteiger partial charge in [0.05, 0.1) is 47.1 Å². The Bertz CT molecular complexity index is 1730. The molecule has 2 aliphatic rings. The van der Waals surface area contributed by atoms with Gasteiger partial charge in [0.1, 0.15) is 17.1 Å². The number of carbonyl (C=O) groups excluding carboxylic acids is 2. The highest BCUT2D eigenvalue weighted by atomic mass is 19.3. The number of aryl methyl sites for hydroxylation is 3. The van der Waals surface area contributed by atoms with Crippen LogP contribution in [-0.2, 0) is 10.3 Å². The van der Waals surface area contributed by atoms with E-state index in [4.69, 9.17) is 4.98 Å². The van der Waals surface area contributed by atoms with Crippen LogP contribution in [0.5, 0.6) is 0 Å². The van der Waals surface area contributed by atoms with Gasteiger partial charge >= 0.3 is 0 Å². The molecule has 4 heterocycles. The van der Waals surface area contributed by atoms with E-state index in [9.17, 15) is 22.8 Å². The minimum Gasteiger partial charge on any atom is -0.318 e. The third kappa shape index (κ3) is 4.68. The van der Waals surface area contributed by atoms with E-state index < -0.39 is 29.3 Å². The quantitative estimate of drug-likeness (QED) is 0.327. The second-order valence-electron chi connectivity index (χ2n) is 10.6. The van der Waals surface area contributed by atoms with Crippen LogP contribution in [0, 0.1) is 26.6 Å². The Labute approximate surface area is 239 Å². The first kappa shape index (κ1) is 27.5. The Hall–Kier alpha value is -4.68. The van der Waals surface area contributed by atoms with E-state index in [0.717, 1.165) is 25.3 Å². The SMILES string of the molecule is Cc1ccc(C(F)F)c(-c2cnc(C)c(C(=O)Nc3cnn(C4(c5cnc(N6CCCC6=O)c(C)n5)CC4)c3)n2)c1F. The fourth-order valence-electron chi connectivity index (χ4n) is 5.29. The lowest BCUT2D eigenvalue weighted by Crippen LogP contribution is -2.27. The molecule has 1 saturated heterocycles. The number of hydrogen-bond acceptors (Lipinski definition) is 7. The van der Waals surface area contributed by atoms with Gasteiger partial charge in [-0.2, -0.15) is 5.10 Å². The maximum atomic E-state index is 15.0. The molecule has 10 nitrogen and oxygen atoms in total. The van der Waals surface area contributed by atoms with Crippen LogP contribution in [-0.4, -0.2) is 48.1 Å². The molecule has 1 aromatic carbocycles. The molecule has 0 atom stereocenters. The third-order valence-corrected chi connectivity index (χ3v) is 7.76. The molecular formula is C29H27F3N8O2. The van der Waals surface area contributed by atoms with Crippen molar-refractivity contribution >= 4 is 23.3 Å². The van der Waals surface area contributed by atoms with Crippen molar-refractivity contribution in [3.63, 3.8) is 0 Å². The molecule has 1 aliphatic carbocycles. The van der Waals surface area contributed by atoms with Gasteiger partial charge in [0, 0.05) is 30.3 Å². The average Bonchev–Trinajstić information content (AvgIpc) is 3.45. The number of nitrogens with one attached hydrogen (secondary N) is 1. The van der Waals surface area contributed by atoms with Crippen molar-refractivity contribution in [3.05, 3.63) is 76.6 Å². The van der Waals surface area contributed by atoms with E-state index in [1.165, 1.54) is 25.4 Å². The van der Waals surface area contributed by atoms with Gasteiger partial charge in [-0.3, -0.25) is 29.1 Å². The van der Waals surface area contributed by atoms with Crippen LogP contribution in [0.4, 0.5) is 24.7 Å². The molecule has 6 rings (SSSR count). The Morgan fingerprint density at radius 2 is 1.83 bits per heavy atom. The highest BCUT2D eigenvalue weighted by Gasteiger charge is 2.49. The minimum absolute atomic E-state index is 0.0395.